The lowest BCUT2D eigenvalue weighted by Gasteiger charge is -1.80. The van der Waals surface area contributed by atoms with Crippen LogP contribution in [0.5, 0.6) is 0 Å². The van der Waals surface area contributed by atoms with Crippen molar-refractivity contribution in [3.05, 3.63) is 0 Å². The van der Waals surface area contributed by atoms with Crippen LogP contribution >= 0.6 is 0 Å². The Hall–Kier alpha value is -1.98. The van der Waals surface area contributed by atoms with Gasteiger partial charge in [0.1, 0.15) is 34.7 Å². The predicted molar refractivity (Wildman–Crippen MR) is 140 cm³/mol. The van der Waals surface area contributed by atoms with Crippen LogP contribution in [0.2, 0.25) is 0 Å². The van der Waals surface area contributed by atoms with Gasteiger partial charge in [-0.15, -0.1) is 0 Å². The highest BCUT2D eigenvalue weighted by atomic mass is 16.1. The van der Waals surface area contributed by atoms with Crippen LogP contribution in [0, 0.1) is 0 Å². The summed E-state index contributed by atoms with van der Waals surface area (Å²) in [6.07, 6.45) is 7.15. The Morgan fingerprint density at radius 1 is 0.333 bits per heavy atom. The van der Waals surface area contributed by atoms with Crippen molar-refractivity contribution in [2.75, 3.05) is 0 Å². The molecule has 0 bridgehead atoms. The summed E-state index contributed by atoms with van der Waals surface area (Å²) < 4.78 is 0. The number of rotatable bonds is 9. The number of carbonyl (C=O) groups is 6. The van der Waals surface area contributed by atoms with E-state index in [0.29, 0.717) is 19.3 Å². The quantitative estimate of drug-likeness (QED) is 0.353. The molecule has 6 nitrogen and oxygen atoms in total. The summed E-state index contributed by atoms with van der Waals surface area (Å²) in [4.78, 5) is 59.6. The molecule has 0 amide bonds. The third-order valence-electron chi connectivity index (χ3n) is 3.30. The second-order valence-electron chi connectivity index (χ2n) is 7.52. The molecule has 6 heteroatoms. The molecule has 0 aromatic carbocycles. The molecule has 0 heterocycles. The van der Waals surface area contributed by atoms with Crippen LogP contribution in [0.3, 0.4) is 0 Å². The Morgan fingerprint density at radius 2 is 0.455 bits per heavy atom. The van der Waals surface area contributed by atoms with Crippen LogP contribution in [0.1, 0.15) is 141 Å². The summed E-state index contributed by atoms with van der Waals surface area (Å²) in [5.74, 6) is 1.63. The molecule has 0 unspecified atom stereocenters. The summed E-state index contributed by atoms with van der Waals surface area (Å²) >= 11 is 0. The van der Waals surface area contributed by atoms with E-state index in [1.54, 1.807) is 41.5 Å². The monoisotopic (exact) mass is 474 g/mol. The lowest BCUT2D eigenvalue weighted by molar-refractivity contribution is -0.117. The van der Waals surface area contributed by atoms with E-state index in [2.05, 4.69) is 0 Å². The topological polar surface area (TPSA) is 102 Å². The van der Waals surface area contributed by atoms with Gasteiger partial charge in [0.05, 0.1) is 0 Å². The highest BCUT2D eigenvalue weighted by molar-refractivity contribution is 5.76. The minimum absolute atomic E-state index is 0.255. The van der Waals surface area contributed by atoms with Gasteiger partial charge in [-0.25, -0.2) is 0 Å². The maximum atomic E-state index is 10.0. The van der Waals surface area contributed by atoms with E-state index in [4.69, 9.17) is 0 Å². The largest absolute Gasteiger partial charge is 0.300 e. The zero-order chi connectivity index (χ0) is 27.8. The second-order valence-corrected chi connectivity index (χ2v) is 7.52. The van der Waals surface area contributed by atoms with Gasteiger partial charge < -0.3 is 28.8 Å². The standard InChI is InChI=1S/3C5H10O.3C4H8O/c3*1-3-4-5(2)6;3*1-3-4(2)5/h3*3-4H2,1-2H3;3*3H2,1-2H3. The minimum Gasteiger partial charge on any atom is -0.300 e. The van der Waals surface area contributed by atoms with E-state index in [1.165, 1.54) is 0 Å². The van der Waals surface area contributed by atoms with Gasteiger partial charge in [0, 0.05) is 38.5 Å². The van der Waals surface area contributed by atoms with Gasteiger partial charge in [-0.2, -0.15) is 0 Å². The van der Waals surface area contributed by atoms with Crippen molar-refractivity contribution < 1.29 is 28.8 Å². The van der Waals surface area contributed by atoms with Crippen molar-refractivity contribution in [3.8, 4) is 0 Å². The molecule has 198 valence electrons. The van der Waals surface area contributed by atoms with Crippen molar-refractivity contribution in [2.45, 2.75) is 141 Å². The second kappa shape index (κ2) is 40.4. The molecule has 0 rings (SSSR count). The van der Waals surface area contributed by atoms with E-state index in [9.17, 15) is 28.8 Å². The SMILES string of the molecule is CCC(C)=O.CCC(C)=O.CCC(C)=O.CCCC(C)=O.CCCC(C)=O.CCCC(C)=O. The molecule has 0 saturated heterocycles. The molecule has 0 aromatic rings. The Kier molecular flexibility index (Phi) is 54.7. The first-order valence-electron chi connectivity index (χ1n) is 12.1. The Morgan fingerprint density at radius 3 is 0.455 bits per heavy atom. The molecule has 33 heavy (non-hydrogen) atoms. The van der Waals surface area contributed by atoms with Crippen LogP contribution < -0.4 is 0 Å². The van der Waals surface area contributed by atoms with Crippen molar-refractivity contribution in [3.63, 3.8) is 0 Å². The van der Waals surface area contributed by atoms with E-state index < -0.39 is 0 Å². The molecule has 0 N–H and O–H groups in total. The molecule has 0 aromatic heterocycles. The first-order chi connectivity index (χ1) is 15.1. The molecule has 0 fully saturated rings. The fraction of sp³-hybridized carbons (Fsp3) is 0.778. The van der Waals surface area contributed by atoms with E-state index in [0.717, 1.165) is 38.5 Å². The Labute approximate surface area is 204 Å². The van der Waals surface area contributed by atoms with Crippen LogP contribution in [0.4, 0.5) is 0 Å². The molecule has 0 radical (unpaired) electrons. The maximum absolute atomic E-state index is 10.0. The van der Waals surface area contributed by atoms with Crippen molar-refractivity contribution in [1.82, 2.24) is 0 Å². The van der Waals surface area contributed by atoms with Crippen molar-refractivity contribution in [1.29, 1.82) is 0 Å². The Balaban J connectivity index is -0.0000000664. The molecule has 0 aliphatic heterocycles. The van der Waals surface area contributed by atoms with Gasteiger partial charge in [0.25, 0.3) is 0 Å². The molecule has 0 saturated carbocycles. The zero-order valence-electron chi connectivity index (χ0n) is 23.8. The van der Waals surface area contributed by atoms with Crippen LogP contribution in [-0.4, -0.2) is 34.7 Å². The lowest BCUT2D eigenvalue weighted by atomic mass is 10.3. The van der Waals surface area contributed by atoms with Crippen LogP contribution in [0.15, 0.2) is 0 Å². The number of carbonyl (C=O) groups excluding carboxylic acids is 6. The van der Waals surface area contributed by atoms with Crippen molar-refractivity contribution >= 4 is 34.7 Å². The average molecular weight is 475 g/mol. The fourth-order valence-corrected chi connectivity index (χ4v) is 1.06. The maximum Gasteiger partial charge on any atom is 0.129 e. The van der Waals surface area contributed by atoms with Gasteiger partial charge in [0.2, 0.25) is 0 Å². The first-order valence-corrected chi connectivity index (χ1v) is 12.1. The first kappa shape index (κ1) is 44.7. The number of hydrogen-bond acceptors (Lipinski definition) is 6. The smallest absolute Gasteiger partial charge is 0.129 e. The van der Waals surface area contributed by atoms with Crippen LogP contribution in [-0.2, 0) is 28.8 Å². The molecule has 0 spiro atoms. The fourth-order valence-electron chi connectivity index (χ4n) is 1.06. The highest BCUT2D eigenvalue weighted by Gasteiger charge is 1.85. The highest BCUT2D eigenvalue weighted by Crippen LogP contribution is 1.85. The average Bonchev–Trinajstić information content (AvgIpc) is 2.69. The van der Waals surface area contributed by atoms with Gasteiger partial charge >= 0.3 is 0 Å². The summed E-state index contributed by atoms with van der Waals surface area (Å²) in [5.41, 5.74) is 0. The van der Waals surface area contributed by atoms with Gasteiger partial charge in [0.15, 0.2) is 0 Å². The molecular formula is C27H54O6. The molecule has 0 aliphatic carbocycles. The summed E-state index contributed by atoms with van der Waals surface area (Å²) in [5, 5.41) is 0. The van der Waals surface area contributed by atoms with Gasteiger partial charge in [-0.1, -0.05) is 41.5 Å². The van der Waals surface area contributed by atoms with E-state index in [1.807, 2.05) is 41.5 Å². The predicted octanol–water partition coefficient (Wildman–Crippen LogP) is 7.08. The lowest BCUT2D eigenvalue weighted by Crippen LogP contribution is -1.84. The van der Waals surface area contributed by atoms with Gasteiger partial charge in [-0.05, 0) is 60.8 Å². The molecule has 0 aliphatic rings. The molecule has 0 atom stereocenters. The minimum atomic E-state index is 0.255. The summed E-state index contributed by atoms with van der Waals surface area (Å²) in [6, 6.07) is 0. The third-order valence-corrected chi connectivity index (χ3v) is 3.30. The number of ketones is 6. The van der Waals surface area contributed by atoms with Gasteiger partial charge in [-0.3, -0.25) is 0 Å². The zero-order valence-corrected chi connectivity index (χ0v) is 23.8. The summed E-state index contributed by atoms with van der Waals surface area (Å²) in [7, 11) is 0. The third kappa shape index (κ3) is 139. The molecular weight excluding hydrogens is 420 g/mol. The van der Waals surface area contributed by atoms with Crippen LogP contribution in [0.25, 0.3) is 0 Å². The number of Topliss-reactive ketones (excluding diaryl/α,β-unsaturated/α-hetero) is 6. The number of hydrogen-bond donors (Lipinski definition) is 0. The Bertz CT molecular complexity index is 422. The van der Waals surface area contributed by atoms with E-state index >= 15 is 0 Å². The van der Waals surface area contributed by atoms with E-state index in [-0.39, 0.29) is 34.7 Å². The summed E-state index contributed by atoms with van der Waals surface area (Å²) in [6.45, 7) is 21.1. The normalized spacial score (nSPS) is 8.00. The van der Waals surface area contributed by atoms with Crippen molar-refractivity contribution in [2.24, 2.45) is 0 Å².